The quantitative estimate of drug-likeness (QED) is 0.147. The lowest BCUT2D eigenvalue weighted by molar-refractivity contribution is 1.07. The molecule has 7 rings (SSSR count). The van der Waals surface area contributed by atoms with E-state index in [1.54, 1.807) is 0 Å². The van der Waals surface area contributed by atoms with Gasteiger partial charge < -0.3 is 0 Å². The molecule has 0 unspecified atom stereocenters. The van der Waals surface area contributed by atoms with Gasteiger partial charge in [0, 0.05) is 5.56 Å². The Balaban J connectivity index is 1.11. The number of hydrogen-bond donors (Lipinski definition) is 0. The first-order valence-corrected chi connectivity index (χ1v) is 16.2. The van der Waals surface area contributed by atoms with Gasteiger partial charge in [-0.1, -0.05) is 146 Å². The fraction of sp³-hybridized carbons (Fsp3) is 0.0217. The first-order valence-electron chi connectivity index (χ1n) is 16.2. The zero-order valence-electron chi connectivity index (χ0n) is 27.0. The number of rotatable bonds is 9. The van der Waals surface area contributed by atoms with Crippen molar-refractivity contribution >= 4 is 28.9 Å². The number of fused-ring (bicyclic) bond motifs is 1. The Bertz CT molecular complexity index is 2330. The Labute approximate surface area is 287 Å². The zero-order valence-corrected chi connectivity index (χ0v) is 27.0. The molecule has 0 aliphatic heterocycles. The van der Waals surface area contributed by atoms with Gasteiger partial charge in [-0.15, -0.1) is 0 Å². The largest absolute Gasteiger partial charge is 0.280 e. The SMILES string of the molecule is C=N/C(=C\C(=NCc1ccccc1)c1ccccc1)c1ccc(-c2ccc3cc(-c4ccc(-c5ccc(C#N)cc5)cc4)ccc3c2)cc1. The molecule has 0 aliphatic rings. The topological polar surface area (TPSA) is 48.5 Å². The second-order valence-corrected chi connectivity index (χ2v) is 11.9. The number of aliphatic imine (C=N–C) groups is 2. The zero-order chi connectivity index (χ0) is 33.4. The van der Waals surface area contributed by atoms with Gasteiger partial charge in [-0.25, -0.2) is 0 Å². The van der Waals surface area contributed by atoms with E-state index in [1.165, 1.54) is 21.9 Å². The predicted octanol–water partition coefficient (Wildman–Crippen LogP) is 11.4. The van der Waals surface area contributed by atoms with E-state index in [0.717, 1.165) is 50.4 Å². The fourth-order valence-corrected chi connectivity index (χ4v) is 5.97. The van der Waals surface area contributed by atoms with Gasteiger partial charge in [0.1, 0.15) is 0 Å². The maximum absolute atomic E-state index is 9.08. The molecule has 0 aromatic heterocycles. The second kappa shape index (κ2) is 14.4. The van der Waals surface area contributed by atoms with Crippen LogP contribution in [0.5, 0.6) is 0 Å². The van der Waals surface area contributed by atoms with E-state index in [1.807, 2.05) is 66.7 Å². The van der Waals surface area contributed by atoms with Crippen LogP contribution < -0.4 is 0 Å². The summed E-state index contributed by atoms with van der Waals surface area (Å²) in [5.74, 6) is 0. The summed E-state index contributed by atoms with van der Waals surface area (Å²) in [6, 6.07) is 60.7. The van der Waals surface area contributed by atoms with Crippen molar-refractivity contribution in [3.8, 4) is 39.4 Å². The van der Waals surface area contributed by atoms with E-state index in [9.17, 15) is 0 Å². The van der Waals surface area contributed by atoms with Crippen LogP contribution >= 0.6 is 0 Å². The van der Waals surface area contributed by atoms with E-state index in [2.05, 4.69) is 127 Å². The number of nitrogens with zero attached hydrogens (tertiary/aromatic N) is 3. The summed E-state index contributed by atoms with van der Waals surface area (Å²) >= 11 is 0. The minimum Gasteiger partial charge on any atom is -0.280 e. The monoisotopic (exact) mass is 627 g/mol. The van der Waals surface area contributed by atoms with E-state index in [-0.39, 0.29) is 0 Å². The van der Waals surface area contributed by atoms with Gasteiger partial charge in [0.25, 0.3) is 0 Å². The number of nitriles is 1. The van der Waals surface area contributed by atoms with Crippen molar-refractivity contribution in [1.29, 1.82) is 5.26 Å². The van der Waals surface area contributed by atoms with Crippen molar-refractivity contribution in [2.75, 3.05) is 0 Å². The maximum Gasteiger partial charge on any atom is 0.0991 e. The summed E-state index contributed by atoms with van der Waals surface area (Å²) in [6.45, 7) is 4.47. The summed E-state index contributed by atoms with van der Waals surface area (Å²) in [5, 5.41) is 11.5. The number of hydrogen-bond acceptors (Lipinski definition) is 3. The molecule has 0 heterocycles. The molecule has 0 atom stereocenters. The van der Waals surface area contributed by atoms with Crippen molar-refractivity contribution < 1.29 is 0 Å². The van der Waals surface area contributed by atoms with Crippen LogP contribution in [-0.2, 0) is 6.54 Å². The molecule has 232 valence electrons. The van der Waals surface area contributed by atoms with Crippen molar-refractivity contribution in [3.05, 3.63) is 198 Å². The molecule has 0 spiro atoms. The molecular weight excluding hydrogens is 595 g/mol. The minimum atomic E-state index is 0.584. The number of benzene rings is 7. The van der Waals surface area contributed by atoms with E-state index < -0.39 is 0 Å². The third-order valence-corrected chi connectivity index (χ3v) is 8.71. The smallest absolute Gasteiger partial charge is 0.0991 e. The van der Waals surface area contributed by atoms with E-state index in [0.29, 0.717) is 12.1 Å². The van der Waals surface area contributed by atoms with Crippen molar-refractivity contribution in [2.24, 2.45) is 9.98 Å². The molecular formula is C46H33N3. The molecule has 3 heteroatoms. The Morgan fingerprint density at radius 1 is 0.531 bits per heavy atom. The van der Waals surface area contributed by atoms with Crippen LogP contribution in [0.4, 0.5) is 0 Å². The molecule has 0 radical (unpaired) electrons. The normalized spacial score (nSPS) is 11.7. The molecule has 0 saturated carbocycles. The molecule has 7 aromatic rings. The minimum absolute atomic E-state index is 0.584. The van der Waals surface area contributed by atoms with Crippen LogP contribution in [0, 0.1) is 11.3 Å². The van der Waals surface area contributed by atoms with Gasteiger partial charge in [-0.2, -0.15) is 5.26 Å². The van der Waals surface area contributed by atoms with Crippen LogP contribution in [0.25, 0.3) is 49.9 Å². The van der Waals surface area contributed by atoms with Gasteiger partial charge in [0.05, 0.1) is 29.6 Å². The summed E-state index contributed by atoms with van der Waals surface area (Å²) in [7, 11) is 0. The average molecular weight is 628 g/mol. The van der Waals surface area contributed by atoms with Gasteiger partial charge in [0.15, 0.2) is 0 Å². The van der Waals surface area contributed by atoms with Crippen LogP contribution in [0.15, 0.2) is 186 Å². The summed E-state index contributed by atoms with van der Waals surface area (Å²) in [4.78, 5) is 9.36. The molecule has 0 N–H and O–H groups in total. The maximum atomic E-state index is 9.08. The Morgan fingerprint density at radius 3 is 1.53 bits per heavy atom. The standard InChI is InChI=1S/C46H33N3/c1-48-45(30-46(39-10-6-3-7-11-39)49-32-34-8-4-2-5-9-34)40-22-20-38(21-23-40)42-25-27-43-28-41(24-26-44(43)29-42)37-18-16-36(17-19-37)35-14-12-33(31-47)13-15-35/h2-30H,1,32H2/b45-30-,49-46?. The van der Waals surface area contributed by atoms with Crippen molar-refractivity contribution in [3.63, 3.8) is 0 Å². The van der Waals surface area contributed by atoms with Gasteiger partial charge in [-0.3, -0.25) is 9.98 Å². The third kappa shape index (κ3) is 7.20. The molecule has 0 fully saturated rings. The molecule has 0 amide bonds. The molecule has 0 aliphatic carbocycles. The Kier molecular flexibility index (Phi) is 9.12. The molecule has 49 heavy (non-hydrogen) atoms. The van der Waals surface area contributed by atoms with E-state index >= 15 is 0 Å². The predicted molar refractivity (Wildman–Crippen MR) is 206 cm³/mol. The molecule has 7 aromatic carbocycles. The lowest BCUT2D eigenvalue weighted by Crippen LogP contribution is -1.99. The molecule has 0 bridgehead atoms. The van der Waals surface area contributed by atoms with Gasteiger partial charge in [0.2, 0.25) is 0 Å². The Morgan fingerprint density at radius 2 is 1.00 bits per heavy atom. The highest BCUT2D eigenvalue weighted by molar-refractivity contribution is 6.12. The summed E-state index contributed by atoms with van der Waals surface area (Å²) < 4.78 is 0. The molecule has 3 nitrogen and oxygen atoms in total. The third-order valence-electron chi connectivity index (χ3n) is 8.71. The van der Waals surface area contributed by atoms with Crippen LogP contribution in [0.2, 0.25) is 0 Å². The van der Waals surface area contributed by atoms with Crippen molar-refractivity contribution in [2.45, 2.75) is 6.54 Å². The summed E-state index contributed by atoms with van der Waals surface area (Å²) in [5.41, 5.74) is 12.4. The number of allylic oxidation sites excluding steroid dienone is 1. The first-order chi connectivity index (χ1) is 24.2. The summed E-state index contributed by atoms with van der Waals surface area (Å²) in [6.07, 6.45) is 2.02. The lowest BCUT2D eigenvalue weighted by atomic mass is 9.96. The Hall–Kier alpha value is -6.63. The van der Waals surface area contributed by atoms with Gasteiger partial charge >= 0.3 is 0 Å². The lowest BCUT2D eigenvalue weighted by Gasteiger charge is -2.10. The average Bonchev–Trinajstić information content (AvgIpc) is 3.18. The van der Waals surface area contributed by atoms with Gasteiger partial charge in [-0.05, 0) is 92.3 Å². The highest BCUT2D eigenvalue weighted by Gasteiger charge is 2.08. The second-order valence-electron chi connectivity index (χ2n) is 11.9. The first kappa shape index (κ1) is 31.0. The molecule has 0 saturated heterocycles. The highest BCUT2D eigenvalue weighted by Crippen LogP contribution is 2.31. The van der Waals surface area contributed by atoms with Crippen LogP contribution in [0.1, 0.15) is 22.3 Å². The van der Waals surface area contributed by atoms with E-state index in [4.69, 9.17) is 10.3 Å². The van der Waals surface area contributed by atoms with Crippen molar-refractivity contribution in [1.82, 2.24) is 0 Å². The fourth-order valence-electron chi connectivity index (χ4n) is 5.97. The van der Waals surface area contributed by atoms with Crippen LogP contribution in [-0.4, -0.2) is 12.4 Å². The van der Waals surface area contributed by atoms with Crippen LogP contribution in [0.3, 0.4) is 0 Å². The highest BCUT2D eigenvalue weighted by atomic mass is 14.8.